The number of carbonyl (C=O) groups excluding carboxylic acids is 2. The van der Waals surface area contributed by atoms with E-state index in [1.165, 1.54) is 36.4 Å². The molecule has 0 atom stereocenters. The molecule has 1 aliphatic heterocycles. The minimum Gasteiger partial charge on any atom is -0.456 e. The van der Waals surface area contributed by atoms with Crippen LogP contribution in [0, 0.1) is 10.1 Å². The summed E-state index contributed by atoms with van der Waals surface area (Å²) in [6.07, 6.45) is 3.82. The van der Waals surface area contributed by atoms with Gasteiger partial charge in [-0.3, -0.25) is 10.1 Å². The Bertz CT molecular complexity index is 995. The van der Waals surface area contributed by atoms with E-state index in [2.05, 4.69) is 0 Å². The van der Waals surface area contributed by atoms with Crippen LogP contribution in [0.15, 0.2) is 40.3 Å². The van der Waals surface area contributed by atoms with E-state index in [1.807, 2.05) is 0 Å². The molecule has 2 heterocycles. The van der Waals surface area contributed by atoms with Gasteiger partial charge in [0.15, 0.2) is 0 Å². The molecule has 0 radical (unpaired) electrons. The Morgan fingerprint density at radius 3 is 2.39 bits per heavy atom. The van der Waals surface area contributed by atoms with Crippen LogP contribution in [0.4, 0.5) is 5.69 Å². The van der Waals surface area contributed by atoms with Gasteiger partial charge in [0.1, 0.15) is 17.1 Å². The van der Waals surface area contributed by atoms with Crippen LogP contribution in [0.1, 0.15) is 31.4 Å². The Labute approximate surface area is 163 Å². The lowest BCUT2D eigenvalue weighted by Gasteiger charge is -2.32. The zero-order chi connectivity index (χ0) is 19.9. The fourth-order valence-electron chi connectivity index (χ4n) is 3.37. The predicted molar refractivity (Wildman–Crippen MR) is 97.2 cm³/mol. The van der Waals surface area contributed by atoms with E-state index >= 15 is 0 Å². The molecule has 2 aliphatic rings. The third-order valence-corrected chi connectivity index (χ3v) is 4.93. The number of carbonyl (C=O) groups is 2. The number of furan rings is 1. The summed E-state index contributed by atoms with van der Waals surface area (Å²) < 4.78 is 16.3. The molecule has 0 N–H and O–H groups in total. The van der Waals surface area contributed by atoms with Crippen LogP contribution in [-0.4, -0.2) is 22.6 Å². The summed E-state index contributed by atoms with van der Waals surface area (Å²) in [4.78, 5) is 35.3. The molecule has 1 aromatic heterocycles. The van der Waals surface area contributed by atoms with Crippen molar-refractivity contribution in [2.45, 2.75) is 31.5 Å². The number of ether oxygens (including phenoxy) is 2. The first-order valence-corrected chi connectivity index (χ1v) is 8.97. The zero-order valence-corrected chi connectivity index (χ0v) is 15.2. The Morgan fingerprint density at radius 1 is 1.07 bits per heavy atom. The molecular weight excluding hydrogens is 390 g/mol. The van der Waals surface area contributed by atoms with Crippen molar-refractivity contribution in [2.24, 2.45) is 0 Å². The molecule has 0 bridgehead atoms. The van der Waals surface area contributed by atoms with Crippen LogP contribution in [0.3, 0.4) is 0 Å². The maximum absolute atomic E-state index is 12.3. The second kappa shape index (κ2) is 6.79. The Hall–Kier alpha value is -3.13. The summed E-state index contributed by atoms with van der Waals surface area (Å²) in [6.45, 7) is 0. The Kier molecular flexibility index (Phi) is 4.43. The number of nitrogens with zero attached hydrogens (tertiary/aromatic N) is 1. The van der Waals surface area contributed by atoms with Crippen molar-refractivity contribution < 1.29 is 28.4 Å². The minimum absolute atomic E-state index is 0.158. The van der Waals surface area contributed by atoms with Crippen LogP contribution in [0.25, 0.3) is 17.4 Å². The van der Waals surface area contributed by atoms with Crippen molar-refractivity contribution in [1.82, 2.24) is 0 Å². The Morgan fingerprint density at radius 2 is 1.75 bits per heavy atom. The van der Waals surface area contributed by atoms with Gasteiger partial charge in [0, 0.05) is 30.0 Å². The maximum atomic E-state index is 12.3. The molecule has 8 nitrogen and oxygen atoms in total. The summed E-state index contributed by atoms with van der Waals surface area (Å²) in [5, 5.41) is 11.5. The van der Waals surface area contributed by atoms with Crippen LogP contribution < -0.4 is 0 Å². The van der Waals surface area contributed by atoms with E-state index in [9.17, 15) is 19.7 Å². The van der Waals surface area contributed by atoms with E-state index in [-0.39, 0.29) is 33.4 Å². The largest absolute Gasteiger partial charge is 0.456 e. The number of esters is 2. The van der Waals surface area contributed by atoms with E-state index in [0.717, 1.165) is 12.8 Å². The molecule has 1 saturated carbocycles. The monoisotopic (exact) mass is 403 g/mol. The summed E-state index contributed by atoms with van der Waals surface area (Å²) in [6, 6.07) is 7.17. The maximum Gasteiger partial charge on any atom is 0.349 e. The van der Waals surface area contributed by atoms with Crippen molar-refractivity contribution >= 4 is 35.3 Å². The number of nitro benzene ring substituents is 1. The second-order valence-corrected chi connectivity index (χ2v) is 7.01. The molecule has 28 heavy (non-hydrogen) atoms. The van der Waals surface area contributed by atoms with Crippen molar-refractivity contribution in [3.63, 3.8) is 0 Å². The molecule has 1 aliphatic carbocycles. The average Bonchev–Trinajstić information content (AvgIpc) is 3.28. The number of rotatable bonds is 3. The minimum atomic E-state index is -1.15. The quantitative estimate of drug-likeness (QED) is 0.247. The van der Waals surface area contributed by atoms with E-state index in [0.29, 0.717) is 12.8 Å². The van der Waals surface area contributed by atoms with E-state index in [4.69, 9.17) is 25.5 Å². The standard InChI is InChI=1S/C19H14ClNO7/c20-11-3-5-13(15(9-11)21(24)25)16-6-4-12(26-16)10-14-17(22)27-19(28-18(14)23)7-1-2-8-19/h3-6,9-10H,1-2,7-8H2. The molecular formula is C19H14ClNO7. The molecule has 144 valence electrons. The lowest BCUT2D eigenvalue weighted by Crippen LogP contribution is -2.44. The third kappa shape index (κ3) is 3.27. The fourth-order valence-corrected chi connectivity index (χ4v) is 3.54. The summed E-state index contributed by atoms with van der Waals surface area (Å²) in [5.41, 5.74) is -0.289. The van der Waals surface area contributed by atoms with Gasteiger partial charge in [-0.25, -0.2) is 9.59 Å². The van der Waals surface area contributed by atoms with E-state index in [1.54, 1.807) is 0 Å². The van der Waals surface area contributed by atoms with Crippen molar-refractivity contribution in [1.29, 1.82) is 0 Å². The van der Waals surface area contributed by atoms with Gasteiger partial charge in [-0.05, 0) is 37.1 Å². The van der Waals surface area contributed by atoms with Gasteiger partial charge in [-0.2, -0.15) is 0 Å². The number of hydrogen-bond acceptors (Lipinski definition) is 7. The lowest BCUT2D eigenvalue weighted by atomic mass is 10.1. The van der Waals surface area contributed by atoms with Crippen LogP contribution in [0.2, 0.25) is 5.02 Å². The molecule has 1 spiro atoms. The van der Waals surface area contributed by atoms with Gasteiger partial charge in [0.2, 0.25) is 0 Å². The first-order chi connectivity index (χ1) is 13.4. The highest BCUT2D eigenvalue weighted by Crippen LogP contribution is 2.39. The zero-order valence-electron chi connectivity index (χ0n) is 14.5. The van der Waals surface area contributed by atoms with Crippen LogP contribution in [0.5, 0.6) is 0 Å². The number of nitro groups is 1. The topological polar surface area (TPSA) is 109 Å². The highest BCUT2D eigenvalue weighted by molar-refractivity contribution is 6.31. The van der Waals surface area contributed by atoms with Crippen molar-refractivity contribution in [3.05, 3.63) is 56.8 Å². The van der Waals surface area contributed by atoms with Crippen molar-refractivity contribution in [2.75, 3.05) is 0 Å². The lowest BCUT2D eigenvalue weighted by molar-refractivity contribution is -0.384. The van der Waals surface area contributed by atoms with Gasteiger partial charge in [-0.15, -0.1) is 0 Å². The second-order valence-electron chi connectivity index (χ2n) is 6.58. The molecule has 2 fully saturated rings. The van der Waals surface area contributed by atoms with Crippen LogP contribution in [-0.2, 0) is 19.1 Å². The molecule has 0 unspecified atom stereocenters. The van der Waals surface area contributed by atoms with Gasteiger partial charge >= 0.3 is 11.9 Å². The fraction of sp³-hybridized carbons (Fsp3) is 0.263. The summed E-state index contributed by atoms with van der Waals surface area (Å²) in [5.74, 6) is -2.34. The highest BCUT2D eigenvalue weighted by Gasteiger charge is 2.48. The molecule has 9 heteroatoms. The van der Waals surface area contributed by atoms with Gasteiger partial charge in [0.25, 0.3) is 11.5 Å². The molecule has 2 aromatic rings. The third-order valence-electron chi connectivity index (χ3n) is 4.70. The Balaban J connectivity index is 1.63. The number of hydrogen-bond donors (Lipinski definition) is 0. The average molecular weight is 404 g/mol. The smallest absolute Gasteiger partial charge is 0.349 e. The summed E-state index contributed by atoms with van der Waals surface area (Å²) in [7, 11) is 0. The molecule has 1 saturated heterocycles. The molecule has 4 rings (SSSR count). The number of halogens is 1. The SMILES string of the molecule is O=C1OC2(CCCC2)OC(=O)C1=Cc1ccc(-c2ccc(Cl)cc2[N+](=O)[O-])o1. The van der Waals surface area contributed by atoms with E-state index < -0.39 is 22.6 Å². The predicted octanol–water partition coefficient (Wildman–Crippen LogP) is 4.26. The first-order valence-electron chi connectivity index (χ1n) is 8.59. The van der Waals surface area contributed by atoms with Gasteiger partial charge in [-0.1, -0.05) is 11.6 Å². The van der Waals surface area contributed by atoms with Crippen LogP contribution >= 0.6 is 11.6 Å². The van der Waals surface area contributed by atoms with Gasteiger partial charge < -0.3 is 13.9 Å². The summed E-state index contributed by atoms with van der Waals surface area (Å²) >= 11 is 5.82. The highest BCUT2D eigenvalue weighted by atomic mass is 35.5. The van der Waals surface area contributed by atoms with Gasteiger partial charge in [0.05, 0.1) is 10.5 Å². The first kappa shape index (κ1) is 18.2. The molecule has 0 amide bonds. The number of benzene rings is 1. The molecule has 1 aromatic carbocycles. The van der Waals surface area contributed by atoms with Crippen molar-refractivity contribution in [3.8, 4) is 11.3 Å². The normalized spacial score (nSPS) is 18.1.